The third kappa shape index (κ3) is 3.74. The summed E-state index contributed by atoms with van der Waals surface area (Å²) in [5.41, 5.74) is 1.09. The minimum atomic E-state index is -0.241. The molecule has 29 heavy (non-hydrogen) atoms. The third-order valence-corrected chi connectivity index (χ3v) is 7.57. The number of amides is 1. The summed E-state index contributed by atoms with van der Waals surface area (Å²) in [5, 5.41) is 5.88. The van der Waals surface area contributed by atoms with E-state index in [0.29, 0.717) is 17.5 Å². The minimum Gasteiger partial charge on any atom is -0.300 e. The third-order valence-electron chi connectivity index (χ3n) is 5.70. The summed E-state index contributed by atoms with van der Waals surface area (Å²) in [6, 6.07) is 0. The Hall–Kier alpha value is -2.10. The van der Waals surface area contributed by atoms with Crippen LogP contribution in [0.2, 0.25) is 0 Å². The summed E-state index contributed by atoms with van der Waals surface area (Å²) in [5.74, 6) is 0.451. The van der Waals surface area contributed by atoms with Crippen LogP contribution in [0.4, 0.5) is 5.13 Å². The quantitative estimate of drug-likeness (QED) is 0.674. The summed E-state index contributed by atoms with van der Waals surface area (Å²) >= 11 is 3.03. The second kappa shape index (κ2) is 7.97. The monoisotopic (exact) mass is 429 g/mol. The van der Waals surface area contributed by atoms with Gasteiger partial charge in [0.15, 0.2) is 5.13 Å². The van der Waals surface area contributed by atoms with E-state index in [-0.39, 0.29) is 18.0 Å². The smallest absolute Gasteiger partial charge is 0.263 e. The van der Waals surface area contributed by atoms with Gasteiger partial charge in [-0.05, 0) is 57.2 Å². The van der Waals surface area contributed by atoms with Crippen molar-refractivity contribution < 1.29 is 4.79 Å². The highest BCUT2D eigenvalue weighted by molar-refractivity contribution is 7.18. The van der Waals surface area contributed by atoms with Gasteiger partial charge in [-0.2, -0.15) is 0 Å². The molecule has 152 valence electrons. The normalized spacial score (nSPS) is 17.0. The summed E-state index contributed by atoms with van der Waals surface area (Å²) in [7, 11) is 0. The summed E-state index contributed by atoms with van der Waals surface area (Å²) in [6.45, 7) is 2.60. The Labute approximate surface area is 176 Å². The molecule has 0 unspecified atom stereocenters. The van der Waals surface area contributed by atoms with Gasteiger partial charge in [-0.1, -0.05) is 0 Å². The number of carbonyl (C=O) groups excluding carboxylic acids is 1. The number of nitrogens with zero attached hydrogens (tertiary/aromatic N) is 4. The van der Waals surface area contributed by atoms with E-state index in [1.807, 2.05) is 5.38 Å². The van der Waals surface area contributed by atoms with E-state index in [1.165, 1.54) is 35.5 Å². The van der Waals surface area contributed by atoms with E-state index < -0.39 is 0 Å². The lowest BCUT2D eigenvalue weighted by Crippen LogP contribution is -2.33. The molecule has 0 radical (unpaired) electrons. The highest BCUT2D eigenvalue weighted by Gasteiger charge is 2.24. The number of rotatable bonds is 5. The van der Waals surface area contributed by atoms with Crippen LogP contribution in [0.5, 0.6) is 0 Å². The summed E-state index contributed by atoms with van der Waals surface area (Å²) in [6.07, 6.45) is 8.24. The molecule has 1 aliphatic carbocycles. The first-order chi connectivity index (χ1) is 14.2. The van der Waals surface area contributed by atoms with Crippen LogP contribution in [0.3, 0.4) is 0 Å². The largest absolute Gasteiger partial charge is 0.300 e. The van der Waals surface area contributed by atoms with Crippen molar-refractivity contribution in [2.45, 2.75) is 51.6 Å². The van der Waals surface area contributed by atoms with Gasteiger partial charge >= 0.3 is 0 Å². The van der Waals surface area contributed by atoms with Gasteiger partial charge in [0.25, 0.3) is 5.56 Å². The number of hydrogen-bond donors (Lipinski definition) is 1. The molecule has 1 N–H and O–H groups in total. The first-order valence-electron chi connectivity index (χ1n) is 10.1. The van der Waals surface area contributed by atoms with Crippen molar-refractivity contribution in [2.75, 3.05) is 18.4 Å². The lowest BCUT2D eigenvalue weighted by Gasteiger charge is -2.18. The number of carbonyl (C=O) groups is 1. The Balaban J connectivity index is 1.55. The molecule has 3 aromatic heterocycles. The van der Waals surface area contributed by atoms with Gasteiger partial charge in [-0.15, -0.1) is 22.7 Å². The van der Waals surface area contributed by atoms with Crippen molar-refractivity contribution in [2.24, 2.45) is 0 Å². The van der Waals surface area contributed by atoms with Gasteiger partial charge in [0.1, 0.15) is 17.2 Å². The Morgan fingerprint density at radius 3 is 2.79 bits per heavy atom. The van der Waals surface area contributed by atoms with Crippen LogP contribution in [0.25, 0.3) is 10.2 Å². The number of hydrogen-bond acceptors (Lipinski definition) is 7. The highest BCUT2D eigenvalue weighted by Crippen LogP contribution is 2.34. The molecule has 3 aromatic rings. The van der Waals surface area contributed by atoms with Crippen molar-refractivity contribution >= 4 is 43.9 Å². The number of aryl methyl sites for hydroxylation is 2. The zero-order valence-electron chi connectivity index (χ0n) is 16.1. The Bertz CT molecular complexity index is 1100. The molecule has 1 aliphatic heterocycles. The molecule has 2 aliphatic rings. The van der Waals surface area contributed by atoms with Gasteiger partial charge in [0.05, 0.1) is 11.9 Å². The number of anilines is 1. The maximum Gasteiger partial charge on any atom is 0.263 e. The van der Waals surface area contributed by atoms with Crippen molar-refractivity contribution in [3.8, 4) is 0 Å². The number of nitrogens with one attached hydrogen (secondary N) is 1. The van der Waals surface area contributed by atoms with Gasteiger partial charge < -0.3 is 5.32 Å². The van der Waals surface area contributed by atoms with Crippen molar-refractivity contribution in [1.82, 2.24) is 19.4 Å². The number of likely N-dealkylation sites (tertiary alicyclic amines) is 1. The maximum atomic E-state index is 13.5. The fourth-order valence-corrected chi connectivity index (χ4v) is 6.11. The zero-order chi connectivity index (χ0) is 19.8. The molecular formula is C20H23N5O2S2. The van der Waals surface area contributed by atoms with E-state index in [2.05, 4.69) is 15.2 Å². The average Bonchev–Trinajstić information content (AvgIpc) is 3.45. The van der Waals surface area contributed by atoms with Crippen molar-refractivity contribution in [1.29, 1.82) is 0 Å². The molecular weight excluding hydrogens is 406 g/mol. The van der Waals surface area contributed by atoms with Gasteiger partial charge in [-0.3, -0.25) is 19.1 Å². The van der Waals surface area contributed by atoms with Crippen LogP contribution < -0.4 is 10.9 Å². The number of thiazole rings is 1. The molecule has 4 heterocycles. The zero-order valence-corrected chi connectivity index (χ0v) is 17.8. The second-order valence-corrected chi connectivity index (χ2v) is 9.66. The van der Waals surface area contributed by atoms with Crippen molar-refractivity contribution in [3.63, 3.8) is 0 Å². The Morgan fingerprint density at radius 2 is 2.00 bits per heavy atom. The summed E-state index contributed by atoms with van der Waals surface area (Å²) < 4.78 is 1.59. The van der Waals surface area contributed by atoms with Crippen LogP contribution in [0.1, 0.15) is 41.9 Å². The Morgan fingerprint density at radius 1 is 1.17 bits per heavy atom. The lowest BCUT2D eigenvalue weighted by atomic mass is 9.97. The molecule has 0 atom stereocenters. The molecule has 0 spiro atoms. The first kappa shape index (κ1) is 18.9. The number of thiophene rings is 1. The van der Waals surface area contributed by atoms with E-state index in [1.54, 1.807) is 22.1 Å². The second-order valence-electron chi connectivity index (χ2n) is 7.68. The highest BCUT2D eigenvalue weighted by atomic mass is 32.1. The molecule has 1 fully saturated rings. The number of aromatic nitrogens is 3. The fraction of sp³-hybridized carbons (Fsp3) is 0.500. The predicted molar refractivity (Wildman–Crippen MR) is 116 cm³/mol. The van der Waals surface area contributed by atoms with Crippen LogP contribution in [-0.2, 0) is 30.7 Å². The minimum absolute atomic E-state index is 0.0326. The topological polar surface area (TPSA) is 80.1 Å². The molecule has 1 saturated heterocycles. The van der Waals surface area contributed by atoms with Crippen LogP contribution in [0, 0.1) is 0 Å². The maximum absolute atomic E-state index is 13.5. The molecule has 0 aromatic carbocycles. The standard InChI is InChI=1S/C20H23N5O2S2/c26-16(23-20-21-7-10-28-20)12-25-15(11-24-8-3-4-9-24)22-18-17(19(25)27)13-5-1-2-6-14(13)29-18/h7,10H,1-6,8-9,11-12H2,(H,21,23,26). The van der Waals surface area contributed by atoms with Crippen LogP contribution in [-0.4, -0.2) is 38.4 Å². The van der Waals surface area contributed by atoms with Gasteiger partial charge in [-0.25, -0.2) is 9.97 Å². The van der Waals surface area contributed by atoms with E-state index in [0.717, 1.165) is 48.1 Å². The predicted octanol–water partition coefficient (Wildman–Crippen LogP) is 3.03. The molecule has 0 saturated carbocycles. The van der Waals surface area contributed by atoms with Crippen LogP contribution in [0.15, 0.2) is 16.4 Å². The molecule has 9 heteroatoms. The van der Waals surface area contributed by atoms with Gasteiger partial charge in [0.2, 0.25) is 5.91 Å². The molecule has 1 amide bonds. The summed E-state index contributed by atoms with van der Waals surface area (Å²) in [4.78, 5) is 39.6. The SMILES string of the molecule is O=C(Cn1c(CN2CCCC2)nc2sc3c(c2c1=O)CCCC3)Nc1nccs1. The lowest BCUT2D eigenvalue weighted by molar-refractivity contribution is -0.116. The van der Waals surface area contributed by atoms with Crippen molar-refractivity contribution in [3.05, 3.63) is 38.2 Å². The van der Waals surface area contributed by atoms with E-state index in [9.17, 15) is 9.59 Å². The van der Waals surface area contributed by atoms with E-state index >= 15 is 0 Å². The fourth-order valence-electron chi connectivity index (χ4n) is 4.29. The van der Waals surface area contributed by atoms with Gasteiger partial charge in [0, 0.05) is 16.5 Å². The van der Waals surface area contributed by atoms with E-state index in [4.69, 9.17) is 4.98 Å². The number of fused-ring (bicyclic) bond motifs is 3. The first-order valence-corrected chi connectivity index (χ1v) is 11.8. The molecule has 0 bridgehead atoms. The average molecular weight is 430 g/mol. The van der Waals surface area contributed by atoms with Crippen LogP contribution >= 0.6 is 22.7 Å². The molecule has 5 rings (SSSR count). The Kier molecular flexibility index (Phi) is 5.19. The molecule has 7 nitrogen and oxygen atoms in total.